The van der Waals surface area contributed by atoms with E-state index in [0.717, 1.165) is 5.56 Å². The van der Waals surface area contributed by atoms with E-state index in [1.807, 2.05) is 12.1 Å². The lowest BCUT2D eigenvalue weighted by Gasteiger charge is -2.31. The Labute approximate surface area is 143 Å². The van der Waals surface area contributed by atoms with Crippen LogP contribution in [0, 0.1) is 0 Å². The molecule has 1 aliphatic rings. The summed E-state index contributed by atoms with van der Waals surface area (Å²) >= 11 is 5.89. The second-order valence-electron chi connectivity index (χ2n) is 5.56. The average molecular weight is 349 g/mol. The number of morpholine rings is 1. The molecule has 1 unspecified atom stereocenters. The van der Waals surface area contributed by atoms with E-state index in [0.29, 0.717) is 23.0 Å². The number of nitrogens with zero attached hydrogens (tertiary/aromatic N) is 3. The number of primary amides is 1. The normalized spacial score (nSPS) is 17.8. The van der Waals surface area contributed by atoms with E-state index in [4.69, 9.17) is 22.1 Å². The number of ether oxygens (including phenoxy) is 1. The van der Waals surface area contributed by atoms with Crippen molar-refractivity contribution in [2.75, 3.05) is 19.7 Å². The molecule has 0 saturated carbocycles. The Morgan fingerprint density at radius 1 is 1.33 bits per heavy atom. The van der Waals surface area contributed by atoms with Crippen LogP contribution in [0.5, 0.6) is 0 Å². The summed E-state index contributed by atoms with van der Waals surface area (Å²) in [5.41, 5.74) is 7.24. The Balaban J connectivity index is 1.83. The first-order chi connectivity index (χ1) is 11.5. The molecule has 2 heterocycles. The van der Waals surface area contributed by atoms with E-state index in [-0.39, 0.29) is 19.1 Å². The van der Waals surface area contributed by atoms with Crippen LogP contribution in [0.3, 0.4) is 0 Å². The van der Waals surface area contributed by atoms with Crippen molar-refractivity contribution in [2.24, 2.45) is 12.8 Å². The number of nitrogens with two attached hydrogens (primary N) is 1. The topological polar surface area (TPSA) is 90.4 Å². The number of hydrogen-bond donors (Lipinski definition) is 1. The molecule has 2 aromatic rings. The lowest BCUT2D eigenvalue weighted by Crippen LogP contribution is -2.50. The van der Waals surface area contributed by atoms with E-state index in [2.05, 4.69) is 5.10 Å². The van der Waals surface area contributed by atoms with Gasteiger partial charge in [0, 0.05) is 24.2 Å². The highest BCUT2D eigenvalue weighted by Crippen LogP contribution is 2.22. The minimum Gasteiger partial charge on any atom is -0.367 e. The Kier molecular flexibility index (Phi) is 4.55. The van der Waals surface area contributed by atoms with Gasteiger partial charge < -0.3 is 15.4 Å². The maximum Gasteiger partial charge on any atom is 0.272 e. The third kappa shape index (κ3) is 3.27. The number of carbonyl (C=O) groups excluding carboxylic acids is 2. The standard InChI is InChI=1S/C16H17ClN4O3/c1-20-13(8-12(19-20)10-2-4-11(17)5-3-10)16(23)21-6-7-24-14(9-21)15(18)22/h2-5,8,14H,6-7,9H2,1H3,(H2,18,22). The quantitative estimate of drug-likeness (QED) is 0.898. The maximum absolute atomic E-state index is 12.7. The van der Waals surface area contributed by atoms with Crippen LogP contribution in [-0.4, -0.2) is 52.3 Å². The number of halogens is 1. The predicted octanol–water partition coefficient (Wildman–Crippen LogP) is 1.07. The summed E-state index contributed by atoms with van der Waals surface area (Å²) in [7, 11) is 1.71. The highest BCUT2D eigenvalue weighted by Gasteiger charge is 2.29. The molecule has 24 heavy (non-hydrogen) atoms. The SMILES string of the molecule is Cn1nc(-c2ccc(Cl)cc2)cc1C(=O)N1CCOC(C(N)=O)C1. The van der Waals surface area contributed by atoms with E-state index in [1.54, 1.807) is 30.1 Å². The third-order valence-corrected chi connectivity index (χ3v) is 4.16. The fraction of sp³-hybridized carbons (Fsp3) is 0.312. The predicted molar refractivity (Wildman–Crippen MR) is 88.5 cm³/mol. The Bertz CT molecular complexity index is 772. The summed E-state index contributed by atoms with van der Waals surface area (Å²) in [6, 6.07) is 8.95. The van der Waals surface area contributed by atoms with Crippen molar-refractivity contribution < 1.29 is 14.3 Å². The van der Waals surface area contributed by atoms with Crippen LogP contribution in [0.15, 0.2) is 30.3 Å². The molecule has 1 aliphatic heterocycles. The molecule has 2 N–H and O–H groups in total. The van der Waals surface area contributed by atoms with Crippen LogP contribution in [0.4, 0.5) is 0 Å². The van der Waals surface area contributed by atoms with Gasteiger partial charge >= 0.3 is 0 Å². The Morgan fingerprint density at radius 3 is 2.71 bits per heavy atom. The van der Waals surface area contributed by atoms with Crippen molar-refractivity contribution in [2.45, 2.75) is 6.10 Å². The lowest BCUT2D eigenvalue weighted by molar-refractivity contribution is -0.133. The van der Waals surface area contributed by atoms with Crippen molar-refractivity contribution in [3.63, 3.8) is 0 Å². The van der Waals surface area contributed by atoms with E-state index >= 15 is 0 Å². The lowest BCUT2D eigenvalue weighted by atomic mass is 10.1. The summed E-state index contributed by atoms with van der Waals surface area (Å²) in [5, 5.41) is 5.02. The van der Waals surface area contributed by atoms with E-state index in [1.165, 1.54) is 4.68 Å². The van der Waals surface area contributed by atoms with Crippen LogP contribution < -0.4 is 5.73 Å². The molecule has 7 nitrogen and oxygen atoms in total. The van der Waals surface area contributed by atoms with E-state index in [9.17, 15) is 9.59 Å². The van der Waals surface area contributed by atoms with Crippen molar-refractivity contribution in [1.29, 1.82) is 0 Å². The smallest absolute Gasteiger partial charge is 0.272 e. The molecule has 126 valence electrons. The first kappa shape index (κ1) is 16.5. The van der Waals surface area contributed by atoms with Gasteiger partial charge in [-0.1, -0.05) is 23.7 Å². The largest absolute Gasteiger partial charge is 0.367 e. The van der Waals surface area contributed by atoms with Crippen LogP contribution in [0.1, 0.15) is 10.5 Å². The number of hydrogen-bond acceptors (Lipinski definition) is 4. The molecule has 2 amide bonds. The monoisotopic (exact) mass is 348 g/mol. The number of carbonyl (C=O) groups is 2. The van der Waals surface area contributed by atoms with Gasteiger partial charge in [0.15, 0.2) is 6.10 Å². The first-order valence-corrected chi connectivity index (χ1v) is 7.83. The van der Waals surface area contributed by atoms with Gasteiger partial charge in [-0.15, -0.1) is 0 Å². The minimum atomic E-state index is -0.772. The second-order valence-corrected chi connectivity index (χ2v) is 5.99. The molecule has 1 saturated heterocycles. The van der Waals surface area contributed by atoms with Crippen molar-refractivity contribution in [3.05, 3.63) is 41.0 Å². The zero-order valence-electron chi connectivity index (χ0n) is 13.1. The molecule has 1 fully saturated rings. The molecule has 0 aliphatic carbocycles. The number of aromatic nitrogens is 2. The zero-order valence-corrected chi connectivity index (χ0v) is 13.9. The van der Waals surface area contributed by atoms with Crippen molar-refractivity contribution in [3.8, 4) is 11.3 Å². The third-order valence-electron chi connectivity index (χ3n) is 3.91. The molecule has 1 atom stereocenters. The number of rotatable bonds is 3. The molecule has 0 spiro atoms. The maximum atomic E-state index is 12.7. The Hall–Kier alpha value is -2.38. The molecule has 0 bridgehead atoms. The summed E-state index contributed by atoms with van der Waals surface area (Å²) < 4.78 is 6.80. The van der Waals surface area contributed by atoms with Gasteiger partial charge in [-0.05, 0) is 18.2 Å². The molecule has 0 radical (unpaired) electrons. The van der Waals surface area contributed by atoms with Crippen LogP contribution >= 0.6 is 11.6 Å². The molecule has 1 aromatic heterocycles. The summed E-state index contributed by atoms with van der Waals surface area (Å²) in [4.78, 5) is 25.6. The first-order valence-electron chi connectivity index (χ1n) is 7.46. The van der Waals surface area contributed by atoms with Crippen LogP contribution in [0.25, 0.3) is 11.3 Å². The zero-order chi connectivity index (χ0) is 17.3. The van der Waals surface area contributed by atoms with Gasteiger partial charge in [-0.3, -0.25) is 14.3 Å². The van der Waals surface area contributed by atoms with Gasteiger partial charge in [0.05, 0.1) is 18.8 Å². The Morgan fingerprint density at radius 2 is 2.04 bits per heavy atom. The van der Waals surface area contributed by atoms with Gasteiger partial charge in [0.2, 0.25) is 5.91 Å². The van der Waals surface area contributed by atoms with Gasteiger partial charge in [0.25, 0.3) is 5.91 Å². The van der Waals surface area contributed by atoms with Crippen LogP contribution in [-0.2, 0) is 16.6 Å². The summed E-state index contributed by atoms with van der Waals surface area (Å²) in [6.45, 7) is 0.834. The second kappa shape index (κ2) is 6.62. The van der Waals surface area contributed by atoms with Gasteiger partial charge in [-0.25, -0.2) is 0 Å². The van der Waals surface area contributed by atoms with Crippen LogP contribution in [0.2, 0.25) is 5.02 Å². The van der Waals surface area contributed by atoms with Gasteiger partial charge in [0.1, 0.15) is 5.69 Å². The number of benzene rings is 1. The molecule has 1 aromatic carbocycles. The van der Waals surface area contributed by atoms with Gasteiger partial charge in [-0.2, -0.15) is 5.10 Å². The summed E-state index contributed by atoms with van der Waals surface area (Å²) in [6.07, 6.45) is -0.772. The van der Waals surface area contributed by atoms with Crippen molar-refractivity contribution >= 4 is 23.4 Å². The average Bonchev–Trinajstić information content (AvgIpc) is 2.96. The molecular formula is C16H17ClN4O3. The summed E-state index contributed by atoms with van der Waals surface area (Å²) in [5.74, 6) is -0.779. The molecular weight excluding hydrogens is 332 g/mol. The fourth-order valence-electron chi connectivity index (χ4n) is 2.60. The fourth-order valence-corrected chi connectivity index (χ4v) is 2.72. The van der Waals surface area contributed by atoms with E-state index < -0.39 is 12.0 Å². The molecule has 3 rings (SSSR count). The number of amides is 2. The molecule has 8 heteroatoms. The highest BCUT2D eigenvalue weighted by atomic mass is 35.5. The highest BCUT2D eigenvalue weighted by molar-refractivity contribution is 6.30. The minimum absolute atomic E-state index is 0.148. The number of aryl methyl sites for hydroxylation is 1. The van der Waals surface area contributed by atoms with Crippen molar-refractivity contribution in [1.82, 2.24) is 14.7 Å².